The van der Waals surface area contributed by atoms with Gasteiger partial charge >= 0.3 is 6.18 Å². The Labute approximate surface area is 92.2 Å². The molecule has 0 radical (unpaired) electrons. The summed E-state index contributed by atoms with van der Waals surface area (Å²) < 4.78 is 37.7. The van der Waals surface area contributed by atoms with E-state index < -0.39 is 29.1 Å². The first-order valence-corrected chi connectivity index (χ1v) is 4.45. The number of carbonyl (C=O) groups is 2. The van der Waals surface area contributed by atoms with Gasteiger partial charge in [0.2, 0.25) is 0 Å². The number of carbonyl (C=O) groups excluding carboxylic acids is 2. The third-order valence-corrected chi connectivity index (χ3v) is 2.32. The van der Waals surface area contributed by atoms with Gasteiger partial charge in [-0.15, -0.1) is 0 Å². The van der Waals surface area contributed by atoms with Crippen LogP contribution in [-0.4, -0.2) is 11.7 Å². The summed E-state index contributed by atoms with van der Waals surface area (Å²) in [6.07, 6.45) is -4.67. The second kappa shape index (κ2) is 3.21. The fraction of sp³-hybridized carbons (Fsp3) is 0.111. The largest absolute Gasteiger partial charge is 0.418 e. The topological polar surface area (TPSA) is 46.2 Å². The number of alkyl halides is 3. The Morgan fingerprint density at radius 1 is 1.19 bits per heavy atom. The third-order valence-electron chi connectivity index (χ3n) is 2.10. The molecule has 1 aromatic carbocycles. The lowest BCUT2D eigenvalue weighted by Gasteiger charge is -2.11. The van der Waals surface area contributed by atoms with Gasteiger partial charge in [-0.1, -0.05) is 11.6 Å². The fourth-order valence-electron chi connectivity index (χ4n) is 1.44. The summed E-state index contributed by atoms with van der Waals surface area (Å²) in [5.41, 5.74) is -1.98. The maximum absolute atomic E-state index is 12.6. The van der Waals surface area contributed by atoms with E-state index >= 15 is 0 Å². The smallest absolute Gasteiger partial charge is 0.318 e. The normalized spacial score (nSPS) is 15.0. The van der Waals surface area contributed by atoms with Crippen LogP contribution < -0.4 is 5.32 Å². The van der Waals surface area contributed by atoms with E-state index in [1.165, 1.54) is 0 Å². The molecule has 1 aromatic rings. The van der Waals surface area contributed by atoms with Crippen molar-refractivity contribution in [3.05, 3.63) is 28.3 Å². The van der Waals surface area contributed by atoms with Crippen LogP contribution >= 0.6 is 11.6 Å². The SMILES string of the molecule is O=C1Nc2c(cc(Cl)cc2C(F)(F)F)C1=O. The number of hydrogen-bond donors (Lipinski definition) is 1. The molecule has 16 heavy (non-hydrogen) atoms. The zero-order chi connectivity index (χ0) is 12.1. The van der Waals surface area contributed by atoms with Gasteiger partial charge in [-0.3, -0.25) is 9.59 Å². The number of hydrogen-bond acceptors (Lipinski definition) is 2. The minimum absolute atomic E-state index is 0.240. The van der Waals surface area contributed by atoms with Crippen molar-refractivity contribution in [2.75, 3.05) is 5.32 Å². The van der Waals surface area contributed by atoms with Crippen LogP contribution in [0, 0.1) is 0 Å². The predicted molar refractivity (Wildman–Crippen MR) is 49.4 cm³/mol. The number of rotatable bonds is 0. The highest BCUT2D eigenvalue weighted by Crippen LogP contribution is 2.40. The fourth-order valence-corrected chi connectivity index (χ4v) is 1.66. The van der Waals surface area contributed by atoms with E-state index in [9.17, 15) is 22.8 Å². The van der Waals surface area contributed by atoms with Crippen LogP contribution in [0.15, 0.2) is 12.1 Å². The summed E-state index contributed by atoms with van der Waals surface area (Å²) in [7, 11) is 0. The molecule has 1 aliphatic heterocycles. The molecular formula is C9H3ClF3NO2. The molecule has 0 atom stereocenters. The molecule has 0 saturated carbocycles. The van der Waals surface area contributed by atoms with Crippen LogP contribution in [0.1, 0.15) is 15.9 Å². The Morgan fingerprint density at radius 3 is 2.38 bits per heavy atom. The van der Waals surface area contributed by atoms with Gasteiger partial charge in [0.1, 0.15) is 0 Å². The summed E-state index contributed by atoms with van der Waals surface area (Å²) in [5.74, 6) is -2.09. The molecule has 0 saturated heterocycles. The van der Waals surface area contributed by atoms with Crippen molar-refractivity contribution in [3.63, 3.8) is 0 Å². The number of halogens is 4. The zero-order valence-corrected chi connectivity index (χ0v) is 8.24. The number of anilines is 1. The number of Topliss-reactive ketones (excluding diaryl/α,β-unsaturated/α-hetero) is 1. The van der Waals surface area contributed by atoms with Gasteiger partial charge in [0.05, 0.1) is 16.8 Å². The molecule has 0 aromatic heterocycles. The van der Waals surface area contributed by atoms with Crippen LogP contribution in [0.3, 0.4) is 0 Å². The maximum atomic E-state index is 12.6. The first-order valence-electron chi connectivity index (χ1n) is 4.07. The Kier molecular flexibility index (Phi) is 2.20. The predicted octanol–water partition coefficient (Wildman–Crippen LogP) is 2.49. The highest BCUT2D eigenvalue weighted by atomic mass is 35.5. The van der Waals surface area contributed by atoms with Gasteiger partial charge in [-0.25, -0.2) is 0 Å². The molecule has 0 spiro atoms. The molecule has 0 bridgehead atoms. The molecule has 7 heteroatoms. The second-order valence-corrected chi connectivity index (χ2v) is 3.59. The monoisotopic (exact) mass is 249 g/mol. The third kappa shape index (κ3) is 1.55. The average molecular weight is 250 g/mol. The molecule has 0 aliphatic carbocycles. The summed E-state index contributed by atoms with van der Waals surface area (Å²) in [5, 5.41) is 1.64. The van der Waals surface area contributed by atoms with E-state index in [4.69, 9.17) is 11.6 Å². The second-order valence-electron chi connectivity index (χ2n) is 3.16. The minimum Gasteiger partial charge on any atom is -0.318 e. The van der Waals surface area contributed by atoms with Crippen LogP contribution in [0.2, 0.25) is 5.02 Å². The molecule has 2 rings (SSSR count). The molecule has 84 valence electrons. The molecule has 1 N–H and O–H groups in total. The Morgan fingerprint density at radius 2 is 1.81 bits per heavy atom. The van der Waals surface area contributed by atoms with Crippen molar-refractivity contribution in [2.45, 2.75) is 6.18 Å². The Balaban J connectivity index is 2.72. The Hall–Kier alpha value is -1.56. The van der Waals surface area contributed by atoms with Crippen LogP contribution in [0.5, 0.6) is 0 Å². The highest BCUT2D eigenvalue weighted by molar-refractivity contribution is 6.52. The standard InChI is InChI=1S/C9H3ClF3NO2/c10-3-1-4-6(14-8(16)7(4)15)5(2-3)9(11,12)13/h1-2H,(H,14,15,16). The first kappa shape index (κ1) is 10.9. The van der Waals surface area contributed by atoms with Crippen molar-refractivity contribution >= 4 is 29.0 Å². The van der Waals surface area contributed by atoms with Gasteiger partial charge < -0.3 is 5.32 Å². The van der Waals surface area contributed by atoms with Crippen LogP contribution in [0.25, 0.3) is 0 Å². The van der Waals surface area contributed by atoms with Gasteiger partial charge in [-0.05, 0) is 12.1 Å². The maximum Gasteiger partial charge on any atom is 0.418 e. The molecule has 0 unspecified atom stereocenters. The van der Waals surface area contributed by atoms with Crippen molar-refractivity contribution in [3.8, 4) is 0 Å². The van der Waals surface area contributed by atoms with Gasteiger partial charge in [-0.2, -0.15) is 13.2 Å². The van der Waals surface area contributed by atoms with Crippen molar-refractivity contribution in [1.82, 2.24) is 0 Å². The van der Waals surface area contributed by atoms with Crippen molar-refractivity contribution < 1.29 is 22.8 Å². The van der Waals surface area contributed by atoms with E-state index in [1.54, 1.807) is 0 Å². The van der Waals surface area contributed by atoms with E-state index in [0.29, 0.717) is 6.07 Å². The molecule has 1 heterocycles. The molecule has 3 nitrogen and oxygen atoms in total. The number of amides is 1. The Bertz CT molecular complexity index is 510. The minimum atomic E-state index is -4.67. The summed E-state index contributed by atoms with van der Waals surface area (Å²) in [4.78, 5) is 22.1. The number of nitrogens with one attached hydrogen (secondary N) is 1. The van der Waals surface area contributed by atoms with Crippen LogP contribution in [-0.2, 0) is 11.0 Å². The van der Waals surface area contributed by atoms with Gasteiger partial charge in [0.25, 0.3) is 11.7 Å². The molecule has 0 fully saturated rings. The summed E-state index contributed by atoms with van der Waals surface area (Å²) in [6, 6.07) is 1.70. The molecule has 1 amide bonds. The van der Waals surface area contributed by atoms with E-state index in [-0.39, 0.29) is 10.6 Å². The van der Waals surface area contributed by atoms with Crippen molar-refractivity contribution in [1.29, 1.82) is 0 Å². The van der Waals surface area contributed by atoms with Gasteiger partial charge in [0.15, 0.2) is 0 Å². The molecule has 1 aliphatic rings. The van der Waals surface area contributed by atoms with E-state index in [2.05, 4.69) is 0 Å². The highest BCUT2D eigenvalue weighted by Gasteiger charge is 2.40. The number of ketones is 1. The summed E-state index contributed by atoms with van der Waals surface area (Å²) >= 11 is 5.46. The average Bonchev–Trinajstić information content (AvgIpc) is 2.42. The lowest BCUT2D eigenvalue weighted by Crippen LogP contribution is -2.13. The van der Waals surface area contributed by atoms with Gasteiger partial charge in [0, 0.05) is 5.02 Å². The number of benzene rings is 1. The zero-order valence-electron chi connectivity index (χ0n) is 7.48. The molecular weight excluding hydrogens is 247 g/mol. The van der Waals surface area contributed by atoms with E-state index in [0.717, 1.165) is 6.07 Å². The van der Waals surface area contributed by atoms with Crippen molar-refractivity contribution in [2.24, 2.45) is 0 Å². The lowest BCUT2D eigenvalue weighted by atomic mass is 10.1. The summed E-state index contributed by atoms with van der Waals surface area (Å²) in [6.45, 7) is 0. The quantitative estimate of drug-likeness (QED) is 0.718. The van der Waals surface area contributed by atoms with E-state index in [1.807, 2.05) is 5.32 Å². The lowest BCUT2D eigenvalue weighted by molar-refractivity contribution is -0.136. The van der Waals surface area contributed by atoms with Crippen LogP contribution in [0.4, 0.5) is 18.9 Å². The number of fused-ring (bicyclic) bond motifs is 1. The first-order chi connectivity index (χ1) is 7.30.